The van der Waals surface area contributed by atoms with E-state index in [1.165, 1.54) is 19.3 Å². The molecule has 0 aromatic heterocycles. The second-order valence-electron chi connectivity index (χ2n) is 4.32. The van der Waals surface area contributed by atoms with Crippen molar-refractivity contribution in [3.05, 3.63) is 38.8 Å². The van der Waals surface area contributed by atoms with Crippen LogP contribution in [0.15, 0.2) is 18.2 Å². The summed E-state index contributed by atoms with van der Waals surface area (Å²) < 4.78 is 5.51. The Morgan fingerprint density at radius 1 is 1.05 bits per heavy atom. The van der Waals surface area contributed by atoms with Gasteiger partial charge in [0.15, 0.2) is 0 Å². The normalized spacial score (nSPS) is 11.4. The Hall–Kier alpha value is -0.210. The van der Waals surface area contributed by atoms with Gasteiger partial charge in [-0.2, -0.15) is 0 Å². The van der Waals surface area contributed by atoms with Crippen molar-refractivity contribution < 1.29 is 4.74 Å². The second-order valence-corrected chi connectivity index (χ2v) is 5.57. The van der Waals surface area contributed by atoms with Gasteiger partial charge in [0.2, 0.25) is 0 Å². The minimum absolute atomic E-state index is 0.541. The number of halogens is 3. The van der Waals surface area contributed by atoms with E-state index in [2.05, 4.69) is 6.92 Å². The molecular formula is C15H19Cl3O. The van der Waals surface area contributed by atoms with Gasteiger partial charge in [-0.05, 0) is 18.6 Å². The average molecular weight is 322 g/mol. The Bertz CT molecular complexity index is 393. The van der Waals surface area contributed by atoms with Crippen LogP contribution in [0, 0.1) is 0 Å². The first-order valence-electron chi connectivity index (χ1n) is 6.54. The first-order valence-corrected chi connectivity index (χ1v) is 7.67. The lowest BCUT2D eigenvalue weighted by Gasteiger charge is -2.03. The summed E-state index contributed by atoms with van der Waals surface area (Å²) in [5.74, 6) is 0. The van der Waals surface area contributed by atoms with Crippen LogP contribution in [0.2, 0.25) is 15.1 Å². The number of unbranched alkanes of at least 4 members (excludes halogenated alkanes) is 3. The zero-order chi connectivity index (χ0) is 14.1. The van der Waals surface area contributed by atoms with Gasteiger partial charge in [0.1, 0.15) is 0 Å². The average Bonchev–Trinajstić information content (AvgIpc) is 2.35. The minimum atomic E-state index is 0.541. The van der Waals surface area contributed by atoms with Gasteiger partial charge in [-0.15, -0.1) is 0 Å². The fourth-order valence-corrected chi connectivity index (χ4v) is 2.60. The van der Waals surface area contributed by atoms with Crippen molar-refractivity contribution in [2.24, 2.45) is 0 Å². The fraction of sp³-hybridized carbons (Fsp3) is 0.467. The molecule has 4 heteroatoms. The van der Waals surface area contributed by atoms with Crippen molar-refractivity contribution in [1.29, 1.82) is 0 Å². The molecule has 0 amide bonds. The molecule has 0 atom stereocenters. The van der Waals surface area contributed by atoms with Crippen LogP contribution in [0.3, 0.4) is 0 Å². The van der Waals surface area contributed by atoms with Gasteiger partial charge in [0, 0.05) is 17.2 Å². The molecule has 0 radical (unpaired) electrons. The second kappa shape index (κ2) is 9.66. The first kappa shape index (κ1) is 16.8. The van der Waals surface area contributed by atoms with Crippen molar-refractivity contribution in [3.63, 3.8) is 0 Å². The standard InChI is InChI=1S/C15H19Cl3O/c1-2-3-4-5-8-19-9-6-7-13-14(17)10-12(16)11-15(13)18/h6-7,10-11H,2-5,8-9H2,1H3/b7-6+. The molecule has 0 bridgehead atoms. The summed E-state index contributed by atoms with van der Waals surface area (Å²) in [6, 6.07) is 3.36. The van der Waals surface area contributed by atoms with Gasteiger partial charge in [0.25, 0.3) is 0 Å². The van der Waals surface area contributed by atoms with E-state index in [4.69, 9.17) is 39.5 Å². The van der Waals surface area contributed by atoms with E-state index in [0.717, 1.165) is 18.6 Å². The Kier molecular flexibility index (Phi) is 8.56. The summed E-state index contributed by atoms with van der Waals surface area (Å²) >= 11 is 18.0. The molecule has 0 unspecified atom stereocenters. The number of ether oxygens (including phenoxy) is 1. The Labute approximate surface area is 130 Å². The summed E-state index contributed by atoms with van der Waals surface area (Å²) in [6.07, 6.45) is 8.65. The van der Waals surface area contributed by atoms with E-state index in [0.29, 0.717) is 21.7 Å². The smallest absolute Gasteiger partial charge is 0.0650 e. The summed E-state index contributed by atoms with van der Waals surface area (Å²) in [5, 5.41) is 1.65. The molecule has 0 saturated heterocycles. The zero-order valence-electron chi connectivity index (χ0n) is 11.1. The lowest BCUT2D eigenvalue weighted by Crippen LogP contribution is -1.94. The van der Waals surface area contributed by atoms with Crippen LogP contribution in [-0.2, 0) is 4.74 Å². The maximum Gasteiger partial charge on any atom is 0.0650 e. The third kappa shape index (κ3) is 6.67. The Morgan fingerprint density at radius 3 is 2.37 bits per heavy atom. The minimum Gasteiger partial charge on any atom is -0.377 e. The molecule has 19 heavy (non-hydrogen) atoms. The molecular weight excluding hydrogens is 303 g/mol. The molecule has 0 heterocycles. The molecule has 0 aliphatic heterocycles. The highest BCUT2D eigenvalue weighted by Crippen LogP contribution is 2.29. The largest absolute Gasteiger partial charge is 0.377 e. The lowest BCUT2D eigenvalue weighted by molar-refractivity contribution is 0.157. The Morgan fingerprint density at radius 2 is 1.74 bits per heavy atom. The quantitative estimate of drug-likeness (QED) is 0.514. The molecule has 0 spiro atoms. The summed E-state index contributed by atoms with van der Waals surface area (Å²) in [4.78, 5) is 0. The molecule has 0 aliphatic rings. The van der Waals surface area contributed by atoms with Gasteiger partial charge >= 0.3 is 0 Å². The van der Waals surface area contributed by atoms with E-state index in [1.54, 1.807) is 12.1 Å². The predicted molar refractivity (Wildman–Crippen MR) is 85.5 cm³/mol. The Balaban J connectivity index is 2.33. The third-order valence-electron chi connectivity index (χ3n) is 2.68. The van der Waals surface area contributed by atoms with E-state index in [1.807, 2.05) is 12.2 Å². The van der Waals surface area contributed by atoms with Crippen LogP contribution < -0.4 is 0 Å². The van der Waals surface area contributed by atoms with E-state index in [-0.39, 0.29) is 0 Å². The maximum atomic E-state index is 6.07. The topological polar surface area (TPSA) is 9.23 Å². The van der Waals surface area contributed by atoms with Gasteiger partial charge in [0.05, 0.1) is 16.7 Å². The highest BCUT2D eigenvalue weighted by atomic mass is 35.5. The first-order chi connectivity index (χ1) is 9.15. The highest BCUT2D eigenvalue weighted by molar-refractivity contribution is 6.40. The van der Waals surface area contributed by atoms with E-state index < -0.39 is 0 Å². The maximum absolute atomic E-state index is 6.07. The molecule has 1 rings (SSSR count). The van der Waals surface area contributed by atoms with Crippen molar-refractivity contribution in [1.82, 2.24) is 0 Å². The van der Waals surface area contributed by atoms with Gasteiger partial charge < -0.3 is 4.74 Å². The summed E-state index contributed by atoms with van der Waals surface area (Å²) in [7, 11) is 0. The van der Waals surface area contributed by atoms with Gasteiger partial charge in [-0.25, -0.2) is 0 Å². The van der Waals surface area contributed by atoms with Gasteiger partial charge in [-0.3, -0.25) is 0 Å². The molecule has 0 saturated carbocycles. The zero-order valence-corrected chi connectivity index (χ0v) is 13.4. The van der Waals surface area contributed by atoms with Crippen molar-refractivity contribution >= 4 is 40.9 Å². The SMILES string of the molecule is CCCCCCOC/C=C/c1c(Cl)cc(Cl)cc1Cl. The molecule has 1 aromatic carbocycles. The summed E-state index contributed by atoms with van der Waals surface area (Å²) in [6.45, 7) is 3.57. The van der Waals surface area contributed by atoms with Crippen molar-refractivity contribution in [2.75, 3.05) is 13.2 Å². The van der Waals surface area contributed by atoms with Crippen LogP contribution in [0.5, 0.6) is 0 Å². The molecule has 106 valence electrons. The van der Waals surface area contributed by atoms with Crippen LogP contribution in [0.25, 0.3) is 6.08 Å². The number of hydrogen-bond donors (Lipinski definition) is 0. The van der Waals surface area contributed by atoms with E-state index >= 15 is 0 Å². The van der Waals surface area contributed by atoms with Crippen molar-refractivity contribution in [3.8, 4) is 0 Å². The molecule has 0 fully saturated rings. The van der Waals surface area contributed by atoms with E-state index in [9.17, 15) is 0 Å². The number of benzene rings is 1. The van der Waals surface area contributed by atoms with Crippen LogP contribution in [0.1, 0.15) is 38.2 Å². The summed E-state index contributed by atoms with van der Waals surface area (Å²) in [5.41, 5.74) is 0.780. The predicted octanol–water partition coefficient (Wildman–Crippen LogP) is 6.26. The fourth-order valence-electron chi connectivity index (χ4n) is 1.66. The van der Waals surface area contributed by atoms with Crippen LogP contribution in [0.4, 0.5) is 0 Å². The molecule has 1 nitrogen and oxygen atoms in total. The molecule has 0 aliphatic carbocycles. The number of rotatable bonds is 8. The molecule has 0 N–H and O–H groups in total. The third-order valence-corrected chi connectivity index (χ3v) is 3.53. The molecule has 1 aromatic rings. The monoisotopic (exact) mass is 320 g/mol. The number of hydrogen-bond acceptors (Lipinski definition) is 1. The van der Waals surface area contributed by atoms with Gasteiger partial charge in [-0.1, -0.05) is 73.1 Å². The highest BCUT2D eigenvalue weighted by Gasteiger charge is 2.04. The van der Waals surface area contributed by atoms with Crippen LogP contribution in [-0.4, -0.2) is 13.2 Å². The lowest BCUT2D eigenvalue weighted by atomic mass is 10.2. The van der Waals surface area contributed by atoms with Crippen LogP contribution >= 0.6 is 34.8 Å². The van der Waals surface area contributed by atoms with Crippen molar-refractivity contribution in [2.45, 2.75) is 32.6 Å².